The van der Waals surface area contributed by atoms with Gasteiger partial charge in [0.15, 0.2) is 5.78 Å². The molecule has 0 atom stereocenters. The Morgan fingerprint density at radius 2 is 2.05 bits per heavy atom. The van der Waals surface area contributed by atoms with E-state index in [1.165, 1.54) is 0 Å². The Morgan fingerprint density at radius 1 is 1.35 bits per heavy atom. The summed E-state index contributed by atoms with van der Waals surface area (Å²) in [7, 11) is 2.02. The predicted molar refractivity (Wildman–Crippen MR) is 86.3 cm³/mol. The fourth-order valence-corrected chi connectivity index (χ4v) is 2.78. The highest BCUT2D eigenvalue weighted by molar-refractivity contribution is 9.10. The number of thiazole rings is 1. The summed E-state index contributed by atoms with van der Waals surface area (Å²) in [6.45, 7) is 3.54. The van der Waals surface area contributed by atoms with E-state index >= 15 is 0 Å². The largest absolute Gasteiger partial charge is 0.300 e. The number of Topliss-reactive ketones (excluding diaryl/α,β-unsaturated/α-hetero) is 1. The number of carbonyl (C=O) groups excluding carboxylic acids is 1. The third kappa shape index (κ3) is 4.51. The highest BCUT2D eigenvalue weighted by atomic mass is 79.9. The van der Waals surface area contributed by atoms with Crippen molar-refractivity contribution in [2.24, 2.45) is 0 Å². The Balaban J connectivity index is 1.82. The van der Waals surface area contributed by atoms with E-state index in [-0.39, 0.29) is 5.78 Å². The smallest absolute Gasteiger partial charge is 0.164 e. The van der Waals surface area contributed by atoms with Crippen molar-refractivity contribution in [3.8, 4) is 0 Å². The molecule has 1 heterocycles. The van der Waals surface area contributed by atoms with E-state index in [0.29, 0.717) is 6.42 Å². The maximum Gasteiger partial charge on any atom is 0.164 e. The van der Waals surface area contributed by atoms with Crippen LogP contribution in [-0.4, -0.2) is 29.3 Å². The molecule has 0 aliphatic rings. The lowest BCUT2D eigenvalue weighted by atomic mass is 10.1. The molecule has 0 spiro atoms. The van der Waals surface area contributed by atoms with E-state index in [2.05, 4.69) is 31.2 Å². The normalized spacial score (nSPS) is 11.0. The second-order valence-electron chi connectivity index (χ2n) is 4.78. The number of hydrogen-bond acceptors (Lipinski definition) is 4. The number of aromatic nitrogens is 1. The molecule has 1 aromatic carbocycles. The van der Waals surface area contributed by atoms with Crippen molar-refractivity contribution in [3.63, 3.8) is 0 Å². The number of nitrogens with zero attached hydrogens (tertiary/aromatic N) is 2. The summed E-state index contributed by atoms with van der Waals surface area (Å²) in [5.74, 6) is 0.179. The van der Waals surface area contributed by atoms with Gasteiger partial charge in [-0.2, -0.15) is 0 Å². The zero-order valence-corrected chi connectivity index (χ0v) is 14.0. The van der Waals surface area contributed by atoms with E-state index in [0.717, 1.165) is 33.8 Å². The van der Waals surface area contributed by atoms with Crippen LogP contribution in [-0.2, 0) is 6.54 Å². The predicted octanol–water partition coefficient (Wildman–Crippen LogP) is 3.92. The molecule has 0 amide bonds. The third-order valence-electron chi connectivity index (χ3n) is 2.99. The van der Waals surface area contributed by atoms with E-state index in [1.54, 1.807) is 11.3 Å². The van der Waals surface area contributed by atoms with Crippen molar-refractivity contribution in [2.45, 2.75) is 19.9 Å². The maximum absolute atomic E-state index is 12.1. The molecule has 0 radical (unpaired) electrons. The van der Waals surface area contributed by atoms with Crippen LogP contribution in [0.1, 0.15) is 27.5 Å². The standard InChI is InChI=1S/C15H17BrN2OS/c1-11-17-14(10-20-11)9-18(2)8-7-15(19)12-3-5-13(16)6-4-12/h3-6,10H,7-9H2,1-2H3. The average Bonchev–Trinajstić information content (AvgIpc) is 2.82. The van der Waals surface area contributed by atoms with Crippen molar-refractivity contribution >= 4 is 33.0 Å². The Bertz CT molecular complexity index is 580. The van der Waals surface area contributed by atoms with Gasteiger partial charge in [-0.25, -0.2) is 4.98 Å². The lowest BCUT2D eigenvalue weighted by molar-refractivity contribution is 0.0967. The lowest BCUT2D eigenvalue weighted by Gasteiger charge is -2.14. The second-order valence-corrected chi connectivity index (χ2v) is 6.75. The van der Waals surface area contributed by atoms with Crippen LogP contribution < -0.4 is 0 Å². The van der Waals surface area contributed by atoms with Gasteiger partial charge in [-0.05, 0) is 26.1 Å². The Kier molecular flexibility index (Phi) is 5.46. The van der Waals surface area contributed by atoms with E-state index in [1.807, 2.05) is 38.2 Å². The fourth-order valence-electron chi connectivity index (χ4n) is 1.91. The SMILES string of the molecule is Cc1nc(CN(C)CCC(=O)c2ccc(Br)cc2)cs1. The van der Waals surface area contributed by atoms with Crippen molar-refractivity contribution in [2.75, 3.05) is 13.6 Å². The summed E-state index contributed by atoms with van der Waals surface area (Å²) in [4.78, 5) is 18.6. The van der Waals surface area contributed by atoms with Crippen molar-refractivity contribution in [3.05, 3.63) is 50.4 Å². The average molecular weight is 353 g/mol. The quantitative estimate of drug-likeness (QED) is 0.738. The number of aryl methyl sites for hydroxylation is 1. The summed E-state index contributed by atoms with van der Waals surface area (Å²) in [5, 5.41) is 3.15. The molecular weight excluding hydrogens is 336 g/mol. The number of carbonyl (C=O) groups is 1. The Hall–Kier alpha value is -1.04. The van der Waals surface area contributed by atoms with Gasteiger partial charge in [0.2, 0.25) is 0 Å². The van der Waals surface area contributed by atoms with Crippen molar-refractivity contribution in [1.82, 2.24) is 9.88 Å². The van der Waals surface area contributed by atoms with Crippen LogP contribution in [0.3, 0.4) is 0 Å². The Morgan fingerprint density at radius 3 is 2.65 bits per heavy atom. The van der Waals surface area contributed by atoms with E-state index < -0.39 is 0 Å². The minimum Gasteiger partial charge on any atom is -0.300 e. The zero-order chi connectivity index (χ0) is 14.5. The van der Waals surface area contributed by atoms with Gasteiger partial charge in [-0.3, -0.25) is 4.79 Å². The molecule has 2 aromatic rings. The molecule has 0 fully saturated rings. The minimum absolute atomic E-state index is 0.179. The third-order valence-corrected chi connectivity index (χ3v) is 4.34. The molecule has 0 aliphatic heterocycles. The van der Waals surface area contributed by atoms with Crippen molar-refractivity contribution < 1.29 is 4.79 Å². The summed E-state index contributed by atoms with van der Waals surface area (Å²) < 4.78 is 0.991. The number of hydrogen-bond donors (Lipinski definition) is 0. The highest BCUT2D eigenvalue weighted by Gasteiger charge is 2.09. The molecule has 3 nitrogen and oxygen atoms in total. The van der Waals surface area contributed by atoms with Crippen LogP contribution in [0.2, 0.25) is 0 Å². The fraction of sp³-hybridized carbons (Fsp3) is 0.333. The van der Waals surface area contributed by atoms with Crippen LogP contribution in [0.5, 0.6) is 0 Å². The van der Waals surface area contributed by atoms with E-state index in [9.17, 15) is 4.79 Å². The summed E-state index contributed by atoms with van der Waals surface area (Å²) in [6.07, 6.45) is 0.529. The highest BCUT2D eigenvalue weighted by Crippen LogP contribution is 2.13. The van der Waals surface area contributed by atoms with Gasteiger partial charge in [0.25, 0.3) is 0 Å². The molecule has 106 valence electrons. The summed E-state index contributed by atoms with van der Waals surface area (Å²) in [6, 6.07) is 7.51. The first-order valence-corrected chi connectivity index (χ1v) is 8.10. The topological polar surface area (TPSA) is 33.2 Å². The van der Waals surface area contributed by atoms with Crippen LogP contribution in [0.4, 0.5) is 0 Å². The molecule has 0 unspecified atom stereocenters. The molecular formula is C15H17BrN2OS. The molecule has 1 aromatic heterocycles. The number of rotatable bonds is 6. The first-order valence-electron chi connectivity index (χ1n) is 6.43. The van der Waals surface area contributed by atoms with Gasteiger partial charge >= 0.3 is 0 Å². The van der Waals surface area contributed by atoms with Gasteiger partial charge in [0.1, 0.15) is 0 Å². The number of benzene rings is 1. The van der Waals surface area contributed by atoms with Gasteiger partial charge < -0.3 is 4.90 Å². The van der Waals surface area contributed by atoms with Crippen LogP contribution in [0.25, 0.3) is 0 Å². The molecule has 0 saturated heterocycles. The van der Waals surface area contributed by atoms with Crippen molar-refractivity contribution in [1.29, 1.82) is 0 Å². The van der Waals surface area contributed by atoms with Crippen LogP contribution in [0.15, 0.2) is 34.1 Å². The van der Waals surface area contributed by atoms with Crippen LogP contribution >= 0.6 is 27.3 Å². The summed E-state index contributed by atoms with van der Waals surface area (Å²) in [5.41, 5.74) is 1.84. The molecule has 0 saturated carbocycles. The number of halogens is 1. The van der Waals surface area contributed by atoms with Gasteiger partial charge in [0.05, 0.1) is 10.7 Å². The second kappa shape index (κ2) is 7.11. The van der Waals surface area contributed by atoms with Gasteiger partial charge in [-0.15, -0.1) is 11.3 Å². The Labute approximate surface area is 131 Å². The van der Waals surface area contributed by atoms with Gasteiger partial charge in [0, 0.05) is 34.9 Å². The lowest BCUT2D eigenvalue weighted by Crippen LogP contribution is -2.21. The first kappa shape index (κ1) is 15.4. The molecule has 0 N–H and O–H groups in total. The zero-order valence-electron chi connectivity index (χ0n) is 11.6. The maximum atomic E-state index is 12.1. The molecule has 5 heteroatoms. The van der Waals surface area contributed by atoms with Gasteiger partial charge in [-0.1, -0.05) is 28.1 Å². The minimum atomic E-state index is 0.179. The molecule has 2 rings (SSSR count). The van der Waals surface area contributed by atoms with Crippen LogP contribution in [0, 0.1) is 6.92 Å². The monoisotopic (exact) mass is 352 g/mol. The number of ketones is 1. The molecule has 0 bridgehead atoms. The van der Waals surface area contributed by atoms with E-state index in [4.69, 9.17) is 0 Å². The molecule has 20 heavy (non-hydrogen) atoms. The summed E-state index contributed by atoms with van der Waals surface area (Å²) >= 11 is 5.03. The first-order chi connectivity index (χ1) is 9.54. The molecule has 0 aliphatic carbocycles.